The van der Waals surface area contributed by atoms with Crippen LogP contribution in [-0.2, 0) is 117 Å². The van der Waals surface area contributed by atoms with Crippen molar-refractivity contribution in [3.05, 3.63) is 125 Å². The third kappa shape index (κ3) is 17.6. The van der Waals surface area contributed by atoms with E-state index in [0.717, 1.165) is 56.2 Å². The summed E-state index contributed by atoms with van der Waals surface area (Å²) in [5.41, 5.74) is 17.5. The van der Waals surface area contributed by atoms with Gasteiger partial charge in [-0.25, -0.2) is 105 Å². The van der Waals surface area contributed by atoms with Crippen LogP contribution >= 0.6 is 57.1 Å². The number of hydrogen-bond acceptors (Lipinski definition) is 43. The van der Waals surface area contributed by atoms with Gasteiger partial charge < -0.3 is 94.7 Å². The van der Waals surface area contributed by atoms with E-state index in [2.05, 4.69) is 87.0 Å². The lowest BCUT2D eigenvalue weighted by Crippen LogP contribution is -2.37. The predicted molar refractivity (Wildman–Crippen MR) is 432 cm³/mol. The van der Waals surface area contributed by atoms with Gasteiger partial charge >= 0.3 is 44.8 Å². The second-order valence-electron chi connectivity index (χ2n) is 29.9. The molecular weight excluding hydrogens is 1950 g/mol. The van der Waals surface area contributed by atoms with E-state index in [9.17, 15) is 66.8 Å². The molecule has 9 fully saturated rings. The Morgan fingerprint density at radius 1 is 0.348 bits per heavy atom. The number of hydrogen-bond donors (Lipinski definition) is 13. The molecule has 21 rings (SSSR count). The number of aliphatic hydroxyl groups is 1. The molecule has 708 valence electrons. The first-order valence-corrected chi connectivity index (χ1v) is 49.7. The van der Waals surface area contributed by atoms with E-state index in [1.165, 1.54) is 64.9 Å². The Balaban J connectivity index is 0.000000128. The first-order chi connectivity index (χ1) is 62.8. The number of nitrogens with zero attached hydrogens (tertiary/aromatic N) is 18. The lowest BCUT2D eigenvalue weighted by molar-refractivity contribution is -0.0671. The second kappa shape index (κ2) is 35.4. The number of phosphoric ester groups is 4. The molecule has 15 N–H and O–H groups in total. The fourth-order valence-electron chi connectivity index (χ4n) is 15.8. The minimum atomic E-state index is -5.14. The van der Waals surface area contributed by atoms with Gasteiger partial charge in [-0.05, 0) is 30.0 Å². The predicted octanol–water partition coefficient (Wildman–Crippen LogP) is 1.98. The van der Waals surface area contributed by atoms with E-state index in [1.807, 2.05) is 0 Å². The largest absolute Gasteiger partial charge is 0.472 e. The monoisotopic (exact) mass is 2020 g/mol. The molecule has 56 nitrogen and oxygen atoms in total. The molecule has 0 radical (unpaired) electrons. The van der Waals surface area contributed by atoms with E-state index >= 15 is 22.0 Å². The van der Waals surface area contributed by atoms with Crippen LogP contribution in [0, 0.1) is 0 Å². The van der Waals surface area contributed by atoms with Crippen LogP contribution in [0.5, 0.6) is 0 Å². The zero-order chi connectivity index (χ0) is 92.9. The Bertz CT molecular complexity index is 6680. The number of thiol groups is 1. The number of fused-ring (bicyclic) bond motifs is 13. The topological polar surface area (TPSA) is 734 Å². The molecule has 30 atom stereocenters. The summed E-state index contributed by atoms with van der Waals surface area (Å²) in [6.07, 6.45) is -26.7. The molecule has 12 aromatic heterocycles. The molecule has 0 saturated carbocycles. The summed E-state index contributed by atoms with van der Waals surface area (Å²) >= 11 is 9.13. The number of imidazole rings is 6. The van der Waals surface area contributed by atoms with Gasteiger partial charge in [-0.1, -0.05) is 12.2 Å². The summed E-state index contributed by atoms with van der Waals surface area (Å²) in [4.78, 5) is 145. The number of anilines is 3. The van der Waals surface area contributed by atoms with Gasteiger partial charge in [0.25, 0.3) is 16.7 Å². The van der Waals surface area contributed by atoms with Gasteiger partial charge in [0.2, 0.25) is 0 Å². The third-order valence-electron chi connectivity index (χ3n) is 21.8. The number of pyridine rings is 3. The Morgan fingerprint density at radius 2 is 0.598 bits per heavy atom. The van der Waals surface area contributed by atoms with Crippen molar-refractivity contribution < 1.29 is 157 Å². The second-order valence-corrected chi connectivity index (χ2v) is 41.2. The van der Waals surface area contributed by atoms with E-state index in [-0.39, 0.29) is 72.8 Å². The number of nitrogen functional groups attached to an aromatic ring is 3. The van der Waals surface area contributed by atoms with Crippen molar-refractivity contribution in [3.8, 4) is 0 Å². The highest BCUT2D eigenvalue weighted by Crippen LogP contribution is 2.61. The van der Waals surface area contributed by atoms with Gasteiger partial charge in [0.15, 0.2) is 119 Å². The molecule has 12 aromatic rings. The molecule has 21 heterocycles. The molecule has 18 unspecified atom stereocenters. The van der Waals surface area contributed by atoms with Gasteiger partial charge in [0.1, 0.15) is 95.9 Å². The summed E-state index contributed by atoms with van der Waals surface area (Å²) in [6, 6.07) is 4.49. The third-order valence-corrected chi connectivity index (χ3v) is 28.9. The number of aliphatic hydroxyl groups excluding tert-OH is 1. The number of ether oxygens (including phenoxy) is 6. The SMILES string of the molecule is Nc1ccnc2c1ncn2C1OC2COP(=O)(O)O[C@@H]3C(COP(=O)(O)O[C@@H]1[C@@H]2O)OC(n1cnc2c(=O)[nH]cnc21)[C@@H]3F.Nc1ccnc2c1ncn2C1OC2COP(=O)(O)O[C@@H]3C(COP(=O)(O)O[C@H]2[C@H]1F)OC(n1cnc2c(=O)[nH]cnc21)[C@@H]3F.Nc1ccnc2c1ncn2C1OC2COP(O)(=S)O[C@@H]3C(COP(=O)(S)O[C@H]2[C@H]1F)OC(n1cnc2c(=O)[nH]cnc21)[C@@H]3F. The highest BCUT2D eigenvalue weighted by atomic mass is 32.7. The van der Waals surface area contributed by atoms with Crippen LogP contribution in [0.4, 0.5) is 39.0 Å². The van der Waals surface area contributed by atoms with Crippen molar-refractivity contribution in [2.75, 3.05) is 56.8 Å². The maximum absolute atomic E-state index is 16.0. The quantitative estimate of drug-likeness (QED) is 0.0643. The summed E-state index contributed by atoms with van der Waals surface area (Å²) in [5, 5.41) is 11.0. The minimum Gasteiger partial charge on any atom is -0.397 e. The van der Waals surface area contributed by atoms with Crippen LogP contribution in [0.3, 0.4) is 0 Å². The average molecular weight is 2020 g/mol. The zero-order valence-electron chi connectivity index (χ0n) is 65.8. The molecule has 0 spiro atoms. The van der Waals surface area contributed by atoms with Crippen molar-refractivity contribution in [1.82, 2.24) is 102 Å². The van der Waals surface area contributed by atoms with Gasteiger partial charge in [-0.3, -0.25) is 91.5 Å². The number of aromatic nitrogens is 21. The Kier molecular flexibility index (Phi) is 24.7. The van der Waals surface area contributed by atoms with Crippen LogP contribution in [0.25, 0.3) is 67.0 Å². The van der Waals surface area contributed by atoms with Gasteiger partial charge in [0, 0.05) is 18.6 Å². The van der Waals surface area contributed by atoms with Crippen LogP contribution < -0.4 is 33.9 Å². The molecule has 0 aliphatic carbocycles. The number of nitrogens with two attached hydrogens (primary N) is 3. The fraction of sp³-hybridized carbons (Fsp3) is 0.476. The number of nitrogens with one attached hydrogen (secondary N) is 3. The van der Waals surface area contributed by atoms with Crippen molar-refractivity contribution in [3.63, 3.8) is 0 Å². The van der Waals surface area contributed by atoms with E-state index in [0.29, 0.717) is 11.2 Å². The van der Waals surface area contributed by atoms with Crippen molar-refractivity contribution >= 4 is 153 Å². The summed E-state index contributed by atoms with van der Waals surface area (Å²) in [7, 11) is -20.5. The Hall–Kier alpha value is -8.85. The normalized spacial score (nSPS) is 38.3. The number of H-pyrrole nitrogens is 3. The first kappa shape index (κ1) is 92.2. The fourth-order valence-corrected chi connectivity index (χ4v) is 22.5. The highest BCUT2D eigenvalue weighted by Gasteiger charge is 2.60. The number of aromatic amines is 3. The molecular formula is C63H67F5N24O32P6S2. The van der Waals surface area contributed by atoms with Crippen LogP contribution in [0.1, 0.15) is 37.4 Å². The molecule has 9 aliphatic rings. The van der Waals surface area contributed by atoms with Crippen molar-refractivity contribution in [2.45, 2.75) is 148 Å². The lowest BCUT2D eigenvalue weighted by atomic mass is 10.1. The summed E-state index contributed by atoms with van der Waals surface area (Å²) < 4.78 is 249. The van der Waals surface area contributed by atoms with Crippen molar-refractivity contribution in [2.24, 2.45) is 0 Å². The molecule has 9 saturated heterocycles. The molecule has 9 aliphatic heterocycles. The maximum atomic E-state index is 16.0. The van der Waals surface area contributed by atoms with E-state index < -0.39 is 249 Å². The number of rotatable bonds is 6. The molecule has 0 aromatic carbocycles. The van der Waals surface area contributed by atoms with E-state index in [1.54, 1.807) is 0 Å². The molecule has 2 bridgehead atoms. The van der Waals surface area contributed by atoms with Gasteiger partial charge in [0.05, 0.1) is 114 Å². The van der Waals surface area contributed by atoms with Gasteiger partial charge in [-0.15, -0.1) is 0 Å². The number of alkyl halides is 5. The first-order valence-electron chi connectivity index (χ1n) is 38.4. The smallest absolute Gasteiger partial charge is 0.397 e. The lowest BCUT2D eigenvalue weighted by Gasteiger charge is -2.29. The zero-order valence-corrected chi connectivity index (χ0v) is 72.8. The van der Waals surface area contributed by atoms with Crippen LogP contribution in [-0.4, -0.2) is 282 Å². The highest BCUT2D eigenvalue weighted by molar-refractivity contribution is 8.44. The molecule has 69 heteroatoms. The minimum absolute atomic E-state index is 0.000380. The number of phosphoric acid groups is 4. The Morgan fingerprint density at radius 3 is 0.924 bits per heavy atom. The average Bonchev–Trinajstić information content (AvgIpc) is 1.62. The van der Waals surface area contributed by atoms with E-state index in [4.69, 9.17) is 112 Å². The standard InChI is InChI=1S/C21H22F2N8O11P2.C21H22F2N8O9P2S2.C21H23FN8O12P2/c22-11-15-9(39-20(11)30-6-28-13-8(24)1-2-25-17(13)30)3-37-44(35,36)42-16-10(4-38-43(33,34)41-15)40-21(12(16)23)31-7-29-14-18(31)26-5-27-19(14)32;22-11-15-9(37-20(11)30-6-28-13-8(24)1-2-25-17(13)30)3-35-42(34,44)40-16-10(4-36-41(33,43)39-15)38-21(12(16)23)31-7-29-14-18(31)26-5-27-19(14)32;22-11-15-10(40-20(11)29-7-28-13-18(29)25-5-26-19(13)32)4-38-44(35,36)42-16-14(31)9(3-37-43(33,34)41-15)39-21(16)30-6-27-12-8(23)1-2-24-17(12)30/h1-2,5-7,9-12,15-16,20-21H,3-4H2,(H2,24,25)(H,33,34)(H,35,36)(H,26,27,32);1-2,5-7,9-12,15-16,20-21H,3-4H2,(H2,24,25)(H,33,43)(H,34,44)(H,26,27,32);1-2,5-7,9-11,14-16,20-21,31H,3-4H2,(H2,23,24)(H,33,34)(H,35,36)(H,25,26,32)/t9?,10?,11-,12-,15-,16-,20?,21?;9?,10?,11-,12-,15-,16-,20?,21?,41?,42?;9?,10?,11-,14-,15-,16-,20?,21?/m111/s1. The molecule has 0 amide bonds. The number of halogens is 5. The van der Waals surface area contributed by atoms with Crippen LogP contribution in [0.2, 0.25) is 0 Å². The summed E-state index contributed by atoms with van der Waals surface area (Å²) in [6.45, 7) is -13.5. The van der Waals surface area contributed by atoms with Gasteiger partial charge in [-0.2, -0.15) is 0 Å². The van der Waals surface area contributed by atoms with Crippen molar-refractivity contribution in [1.29, 1.82) is 0 Å². The maximum Gasteiger partial charge on any atom is 0.472 e. The van der Waals surface area contributed by atoms with Crippen LogP contribution in [0.15, 0.2) is 108 Å². The molecule has 132 heavy (non-hydrogen) atoms. The Labute approximate surface area is 738 Å². The summed E-state index contributed by atoms with van der Waals surface area (Å²) in [5.74, 6) is 0.